The molecule has 3 N–H and O–H groups in total. The van der Waals surface area contributed by atoms with Gasteiger partial charge in [-0.1, -0.05) is 6.92 Å². The van der Waals surface area contributed by atoms with Gasteiger partial charge < -0.3 is 25.4 Å². The van der Waals surface area contributed by atoms with E-state index in [1.807, 2.05) is 11.8 Å². The smallest absolute Gasteiger partial charge is 0.414 e. The SMILES string of the molecule is CC(=O)NC[C@H]1CN(c2ccc(N3C[C@@H](CNC(=O)CO)[C@@H](C)C3)c(F)c2)C(=O)O1. The maximum Gasteiger partial charge on any atom is 0.414 e. The molecule has 164 valence electrons. The van der Waals surface area contributed by atoms with E-state index in [-0.39, 0.29) is 30.8 Å². The third-order valence-electron chi connectivity index (χ3n) is 5.51. The van der Waals surface area contributed by atoms with Gasteiger partial charge in [0.1, 0.15) is 18.5 Å². The van der Waals surface area contributed by atoms with Gasteiger partial charge in [0, 0.05) is 26.6 Å². The van der Waals surface area contributed by atoms with Crippen molar-refractivity contribution >= 4 is 29.3 Å². The first-order chi connectivity index (χ1) is 14.3. The number of benzene rings is 1. The van der Waals surface area contributed by atoms with Crippen LogP contribution in [0.1, 0.15) is 13.8 Å². The van der Waals surface area contributed by atoms with Crippen LogP contribution in [-0.2, 0) is 14.3 Å². The highest BCUT2D eigenvalue weighted by Gasteiger charge is 2.34. The molecule has 3 rings (SSSR count). The molecule has 10 heteroatoms. The van der Waals surface area contributed by atoms with Crippen molar-refractivity contribution in [2.24, 2.45) is 11.8 Å². The maximum absolute atomic E-state index is 14.9. The fourth-order valence-electron chi connectivity index (χ4n) is 3.81. The van der Waals surface area contributed by atoms with Crippen molar-refractivity contribution in [3.8, 4) is 0 Å². The van der Waals surface area contributed by atoms with Crippen LogP contribution in [0.5, 0.6) is 0 Å². The lowest BCUT2D eigenvalue weighted by Gasteiger charge is -2.21. The number of hydrogen-bond acceptors (Lipinski definition) is 6. The van der Waals surface area contributed by atoms with Crippen LogP contribution >= 0.6 is 0 Å². The highest BCUT2D eigenvalue weighted by molar-refractivity contribution is 5.90. The minimum Gasteiger partial charge on any atom is -0.442 e. The van der Waals surface area contributed by atoms with Crippen LogP contribution in [0.25, 0.3) is 0 Å². The quantitative estimate of drug-likeness (QED) is 0.589. The summed E-state index contributed by atoms with van der Waals surface area (Å²) in [5.41, 5.74) is 0.828. The van der Waals surface area contributed by atoms with Gasteiger partial charge in [0.05, 0.1) is 24.5 Å². The molecule has 0 bridgehead atoms. The molecule has 0 aliphatic carbocycles. The van der Waals surface area contributed by atoms with Gasteiger partial charge in [-0.05, 0) is 30.0 Å². The van der Waals surface area contributed by atoms with Crippen LogP contribution in [0.3, 0.4) is 0 Å². The maximum atomic E-state index is 14.9. The van der Waals surface area contributed by atoms with Crippen molar-refractivity contribution in [2.45, 2.75) is 20.0 Å². The van der Waals surface area contributed by atoms with Crippen molar-refractivity contribution in [1.82, 2.24) is 10.6 Å². The Bertz CT molecular complexity index is 820. The van der Waals surface area contributed by atoms with E-state index in [9.17, 15) is 18.8 Å². The largest absolute Gasteiger partial charge is 0.442 e. The van der Waals surface area contributed by atoms with Gasteiger partial charge >= 0.3 is 6.09 Å². The number of hydrogen-bond donors (Lipinski definition) is 3. The summed E-state index contributed by atoms with van der Waals surface area (Å²) in [5.74, 6) is -0.703. The Hall–Kier alpha value is -2.88. The summed E-state index contributed by atoms with van der Waals surface area (Å²) < 4.78 is 20.1. The number of cyclic esters (lactones) is 1. The fraction of sp³-hybridized carbons (Fsp3) is 0.550. The van der Waals surface area contributed by atoms with E-state index in [2.05, 4.69) is 10.6 Å². The van der Waals surface area contributed by atoms with Crippen molar-refractivity contribution < 1.29 is 28.6 Å². The molecule has 3 atom stereocenters. The van der Waals surface area contributed by atoms with Gasteiger partial charge in [0.25, 0.3) is 0 Å². The lowest BCUT2D eigenvalue weighted by molar-refractivity contribution is -0.124. The molecule has 30 heavy (non-hydrogen) atoms. The van der Waals surface area contributed by atoms with Crippen molar-refractivity contribution in [3.63, 3.8) is 0 Å². The molecule has 0 radical (unpaired) electrons. The van der Waals surface area contributed by atoms with Gasteiger partial charge in [-0.25, -0.2) is 9.18 Å². The number of aliphatic hydroxyl groups excluding tert-OH is 1. The average molecular weight is 422 g/mol. The summed E-state index contributed by atoms with van der Waals surface area (Å²) in [6.07, 6.45) is -1.06. The number of nitrogens with zero attached hydrogens (tertiary/aromatic N) is 2. The molecule has 9 nitrogen and oxygen atoms in total. The van der Waals surface area contributed by atoms with Crippen molar-refractivity contribution in [1.29, 1.82) is 0 Å². The molecule has 2 fully saturated rings. The second-order valence-corrected chi connectivity index (χ2v) is 7.79. The number of ether oxygens (including phenoxy) is 1. The standard InChI is InChI=1S/C20H27FN4O5/c1-12-8-24(9-14(12)6-23-19(28)11-26)18-4-3-15(5-17(18)21)25-10-16(30-20(25)29)7-22-13(2)27/h3-5,12,14,16,26H,6-11H2,1-2H3,(H,22,27)(H,23,28)/t12-,14+,16-/m0/s1. The molecule has 3 amide bonds. The van der Waals surface area contributed by atoms with Crippen LogP contribution in [0.2, 0.25) is 0 Å². The van der Waals surface area contributed by atoms with E-state index in [1.165, 1.54) is 17.9 Å². The summed E-state index contributed by atoms with van der Waals surface area (Å²) in [7, 11) is 0. The molecule has 1 aromatic rings. The summed E-state index contributed by atoms with van der Waals surface area (Å²) in [5, 5.41) is 14.1. The van der Waals surface area contributed by atoms with Crippen LogP contribution in [0, 0.1) is 17.7 Å². The minimum atomic E-state index is -0.577. The lowest BCUT2D eigenvalue weighted by Crippen LogP contribution is -2.34. The fourth-order valence-corrected chi connectivity index (χ4v) is 3.81. The molecule has 2 aliphatic heterocycles. The number of carbonyl (C=O) groups is 3. The van der Waals surface area contributed by atoms with Crippen LogP contribution in [0.4, 0.5) is 20.6 Å². The molecule has 0 spiro atoms. The number of amides is 3. The molecule has 1 aromatic carbocycles. The Balaban J connectivity index is 1.64. The van der Waals surface area contributed by atoms with Gasteiger partial charge in [-0.3, -0.25) is 14.5 Å². The van der Waals surface area contributed by atoms with Crippen molar-refractivity contribution in [2.75, 3.05) is 49.1 Å². The molecule has 2 saturated heterocycles. The Kier molecular flexibility index (Phi) is 6.76. The molecular formula is C20H27FN4O5. The number of anilines is 2. The lowest BCUT2D eigenvalue weighted by atomic mass is 9.98. The van der Waals surface area contributed by atoms with E-state index < -0.39 is 30.5 Å². The Morgan fingerprint density at radius 1 is 1.23 bits per heavy atom. The predicted molar refractivity (Wildman–Crippen MR) is 108 cm³/mol. The topological polar surface area (TPSA) is 111 Å². The summed E-state index contributed by atoms with van der Waals surface area (Å²) in [6, 6.07) is 4.62. The Labute approximate surface area is 174 Å². The zero-order valence-electron chi connectivity index (χ0n) is 17.1. The Morgan fingerprint density at radius 2 is 2.00 bits per heavy atom. The van der Waals surface area contributed by atoms with Gasteiger partial charge in [-0.2, -0.15) is 0 Å². The molecule has 0 unspecified atom stereocenters. The second kappa shape index (κ2) is 9.29. The number of carbonyl (C=O) groups excluding carboxylic acids is 3. The van der Waals surface area contributed by atoms with E-state index in [0.717, 1.165) is 0 Å². The summed E-state index contributed by atoms with van der Waals surface area (Å²) in [4.78, 5) is 37.7. The van der Waals surface area contributed by atoms with E-state index in [0.29, 0.717) is 31.0 Å². The third-order valence-corrected chi connectivity index (χ3v) is 5.51. The monoisotopic (exact) mass is 422 g/mol. The first-order valence-electron chi connectivity index (χ1n) is 9.93. The van der Waals surface area contributed by atoms with Crippen LogP contribution in [0.15, 0.2) is 18.2 Å². The molecular weight excluding hydrogens is 395 g/mol. The zero-order chi connectivity index (χ0) is 21.8. The first kappa shape index (κ1) is 21.8. The van der Waals surface area contributed by atoms with Gasteiger partial charge in [0.2, 0.25) is 11.8 Å². The average Bonchev–Trinajstić information content (AvgIpc) is 3.26. The predicted octanol–water partition coefficient (Wildman–Crippen LogP) is 0.468. The number of nitrogens with one attached hydrogen (secondary N) is 2. The minimum absolute atomic E-state index is 0.141. The van der Waals surface area contributed by atoms with E-state index in [1.54, 1.807) is 12.1 Å². The number of aliphatic hydroxyl groups is 1. The van der Waals surface area contributed by atoms with Gasteiger partial charge in [0.15, 0.2) is 0 Å². The molecule has 0 aromatic heterocycles. The van der Waals surface area contributed by atoms with E-state index in [4.69, 9.17) is 9.84 Å². The van der Waals surface area contributed by atoms with Crippen LogP contribution in [-0.4, -0.2) is 68.4 Å². The molecule has 2 heterocycles. The first-order valence-corrected chi connectivity index (χ1v) is 9.93. The van der Waals surface area contributed by atoms with E-state index >= 15 is 0 Å². The normalized spacial score (nSPS) is 23.5. The second-order valence-electron chi connectivity index (χ2n) is 7.79. The summed E-state index contributed by atoms with van der Waals surface area (Å²) in [6.45, 7) is 4.94. The summed E-state index contributed by atoms with van der Waals surface area (Å²) >= 11 is 0. The zero-order valence-corrected chi connectivity index (χ0v) is 17.1. The number of halogens is 1. The van der Waals surface area contributed by atoms with Gasteiger partial charge in [-0.15, -0.1) is 0 Å². The molecule has 2 aliphatic rings. The Morgan fingerprint density at radius 3 is 2.67 bits per heavy atom. The van der Waals surface area contributed by atoms with Crippen LogP contribution < -0.4 is 20.4 Å². The highest BCUT2D eigenvalue weighted by Crippen LogP contribution is 2.32. The number of rotatable bonds is 7. The van der Waals surface area contributed by atoms with Crippen molar-refractivity contribution in [3.05, 3.63) is 24.0 Å². The third kappa shape index (κ3) is 4.99. The highest BCUT2D eigenvalue weighted by atomic mass is 19.1. The molecule has 0 saturated carbocycles.